The van der Waals surface area contributed by atoms with Crippen LogP contribution in [0.25, 0.3) is 11.4 Å². The SMILES string of the molecule is CN1CCCC(n2ccnc2-c2ccccc2OC2CCCC2)C1.O=CO. The highest BCUT2D eigenvalue weighted by Gasteiger charge is 2.24. The van der Waals surface area contributed by atoms with Crippen LogP contribution in [-0.2, 0) is 4.79 Å². The van der Waals surface area contributed by atoms with Gasteiger partial charge in [0, 0.05) is 25.0 Å². The quantitative estimate of drug-likeness (QED) is 0.827. The monoisotopic (exact) mass is 371 g/mol. The van der Waals surface area contributed by atoms with Crippen LogP contribution < -0.4 is 4.74 Å². The highest BCUT2D eigenvalue weighted by atomic mass is 16.5. The van der Waals surface area contributed by atoms with Crippen LogP contribution in [0.1, 0.15) is 44.6 Å². The molecule has 1 aliphatic carbocycles. The number of likely N-dealkylation sites (N-methyl/N-ethyl adjacent to an activating group) is 1. The smallest absolute Gasteiger partial charge is 0.290 e. The summed E-state index contributed by atoms with van der Waals surface area (Å²) in [5, 5.41) is 6.89. The molecule has 4 rings (SSSR count). The minimum absolute atomic E-state index is 0.250. The Balaban J connectivity index is 0.000000659. The number of aromatic nitrogens is 2. The summed E-state index contributed by atoms with van der Waals surface area (Å²) < 4.78 is 8.68. The molecule has 2 aliphatic rings. The lowest BCUT2D eigenvalue weighted by molar-refractivity contribution is -0.122. The van der Waals surface area contributed by atoms with Gasteiger partial charge in [0.2, 0.25) is 0 Å². The summed E-state index contributed by atoms with van der Waals surface area (Å²) in [4.78, 5) is 15.5. The Morgan fingerprint density at radius 1 is 1.19 bits per heavy atom. The number of likely N-dealkylation sites (tertiary alicyclic amines) is 1. The van der Waals surface area contributed by atoms with Crippen LogP contribution >= 0.6 is 0 Å². The second-order valence-corrected chi connectivity index (χ2v) is 7.34. The Kier molecular flexibility index (Phi) is 6.87. The Morgan fingerprint density at radius 2 is 1.93 bits per heavy atom. The van der Waals surface area contributed by atoms with Gasteiger partial charge in [-0.25, -0.2) is 4.98 Å². The highest BCUT2D eigenvalue weighted by molar-refractivity contribution is 5.64. The van der Waals surface area contributed by atoms with Crippen LogP contribution in [0.15, 0.2) is 36.7 Å². The summed E-state index contributed by atoms with van der Waals surface area (Å²) in [5.74, 6) is 2.03. The lowest BCUT2D eigenvalue weighted by atomic mass is 10.1. The van der Waals surface area contributed by atoms with Crippen molar-refractivity contribution in [3.05, 3.63) is 36.7 Å². The van der Waals surface area contributed by atoms with Crippen molar-refractivity contribution in [2.45, 2.75) is 50.7 Å². The van der Waals surface area contributed by atoms with Gasteiger partial charge >= 0.3 is 0 Å². The normalized spacial score (nSPS) is 20.7. The molecule has 0 bridgehead atoms. The zero-order chi connectivity index (χ0) is 19.1. The van der Waals surface area contributed by atoms with Gasteiger partial charge in [-0.15, -0.1) is 0 Å². The Morgan fingerprint density at radius 3 is 2.67 bits per heavy atom. The van der Waals surface area contributed by atoms with E-state index in [0.717, 1.165) is 23.7 Å². The molecule has 146 valence electrons. The van der Waals surface area contributed by atoms with Gasteiger partial charge in [-0.3, -0.25) is 4.79 Å². The van der Waals surface area contributed by atoms with Gasteiger partial charge in [-0.05, 0) is 64.3 Å². The zero-order valence-electron chi connectivity index (χ0n) is 16.0. The number of carboxylic acid groups (broad SMARTS) is 1. The van der Waals surface area contributed by atoms with E-state index in [1.54, 1.807) is 0 Å². The molecule has 1 aliphatic heterocycles. The maximum atomic E-state index is 8.36. The van der Waals surface area contributed by atoms with Crippen LogP contribution in [0.4, 0.5) is 0 Å². The van der Waals surface area contributed by atoms with E-state index in [9.17, 15) is 0 Å². The number of carbonyl (C=O) groups is 1. The van der Waals surface area contributed by atoms with E-state index in [0.29, 0.717) is 12.1 Å². The van der Waals surface area contributed by atoms with Crippen molar-refractivity contribution in [2.24, 2.45) is 0 Å². The zero-order valence-corrected chi connectivity index (χ0v) is 16.0. The third kappa shape index (κ3) is 4.89. The molecule has 2 aromatic rings. The van der Waals surface area contributed by atoms with Crippen LogP contribution in [0.2, 0.25) is 0 Å². The highest BCUT2D eigenvalue weighted by Crippen LogP contribution is 2.34. The number of para-hydroxylation sites is 1. The maximum Gasteiger partial charge on any atom is 0.290 e. The van der Waals surface area contributed by atoms with Crippen molar-refractivity contribution in [3.8, 4) is 17.1 Å². The van der Waals surface area contributed by atoms with E-state index < -0.39 is 0 Å². The van der Waals surface area contributed by atoms with Gasteiger partial charge in [0.1, 0.15) is 11.6 Å². The number of hydrogen-bond donors (Lipinski definition) is 1. The summed E-state index contributed by atoms with van der Waals surface area (Å²) in [6.45, 7) is 2.04. The fraction of sp³-hybridized carbons (Fsp3) is 0.524. The molecule has 6 heteroatoms. The molecule has 1 saturated heterocycles. The molecule has 1 saturated carbocycles. The number of piperidine rings is 1. The summed E-state index contributed by atoms with van der Waals surface area (Å²) in [5.41, 5.74) is 1.13. The minimum Gasteiger partial charge on any atom is -0.490 e. The van der Waals surface area contributed by atoms with Gasteiger partial charge in [0.05, 0.1) is 11.7 Å². The van der Waals surface area contributed by atoms with Crippen molar-refractivity contribution in [2.75, 3.05) is 20.1 Å². The Hall–Kier alpha value is -2.34. The number of imidazole rings is 1. The molecule has 2 fully saturated rings. The first kappa shape index (κ1) is 19.4. The van der Waals surface area contributed by atoms with E-state index in [4.69, 9.17) is 14.6 Å². The molecule has 0 radical (unpaired) electrons. The number of nitrogens with zero attached hydrogens (tertiary/aromatic N) is 3. The fourth-order valence-electron chi connectivity index (χ4n) is 4.12. The average molecular weight is 371 g/mol. The van der Waals surface area contributed by atoms with Crippen LogP contribution in [0.5, 0.6) is 5.75 Å². The summed E-state index contributed by atoms with van der Waals surface area (Å²) in [6.07, 6.45) is 11.8. The van der Waals surface area contributed by atoms with Crippen molar-refractivity contribution in [1.82, 2.24) is 14.5 Å². The summed E-state index contributed by atoms with van der Waals surface area (Å²) in [7, 11) is 2.21. The van der Waals surface area contributed by atoms with Crippen LogP contribution in [0.3, 0.4) is 0 Å². The van der Waals surface area contributed by atoms with Gasteiger partial charge in [-0.1, -0.05) is 12.1 Å². The van der Waals surface area contributed by atoms with Crippen molar-refractivity contribution in [1.29, 1.82) is 0 Å². The van der Waals surface area contributed by atoms with Crippen molar-refractivity contribution >= 4 is 6.47 Å². The van der Waals surface area contributed by atoms with E-state index in [1.165, 1.54) is 45.1 Å². The number of ether oxygens (including phenoxy) is 1. The molecule has 1 N–H and O–H groups in total. The first-order valence-electron chi connectivity index (χ1n) is 9.78. The average Bonchev–Trinajstić information content (AvgIpc) is 3.35. The molecule has 0 amide bonds. The second-order valence-electron chi connectivity index (χ2n) is 7.34. The Bertz CT molecular complexity index is 725. The molecular formula is C21H29N3O3. The molecule has 1 unspecified atom stereocenters. The molecule has 1 aromatic heterocycles. The lowest BCUT2D eigenvalue weighted by Crippen LogP contribution is -2.33. The largest absolute Gasteiger partial charge is 0.490 e. The lowest BCUT2D eigenvalue weighted by Gasteiger charge is -2.31. The fourth-order valence-corrected chi connectivity index (χ4v) is 4.12. The predicted octanol–water partition coefficient (Wildman–Crippen LogP) is 3.84. The molecule has 27 heavy (non-hydrogen) atoms. The van der Waals surface area contributed by atoms with E-state index in [2.05, 4.69) is 52.0 Å². The second kappa shape index (κ2) is 9.55. The number of benzene rings is 1. The van der Waals surface area contributed by atoms with Gasteiger partial charge in [0.15, 0.2) is 0 Å². The predicted molar refractivity (Wildman–Crippen MR) is 105 cm³/mol. The first-order chi connectivity index (χ1) is 13.2. The minimum atomic E-state index is -0.250. The summed E-state index contributed by atoms with van der Waals surface area (Å²) in [6, 6.07) is 8.90. The molecule has 0 spiro atoms. The molecule has 1 atom stereocenters. The van der Waals surface area contributed by atoms with Crippen molar-refractivity contribution in [3.63, 3.8) is 0 Å². The number of rotatable bonds is 4. The van der Waals surface area contributed by atoms with Gasteiger partial charge in [0.25, 0.3) is 6.47 Å². The summed E-state index contributed by atoms with van der Waals surface area (Å²) >= 11 is 0. The molecule has 1 aromatic carbocycles. The first-order valence-corrected chi connectivity index (χ1v) is 9.78. The van der Waals surface area contributed by atoms with Crippen LogP contribution in [-0.4, -0.2) is 52.3 Å². The number of hydrogen-bond acceptors (Lipinski definition) is 4. The van der Waals surface area contributed by atoms with Gasteiger partial charge in [-0.2, -0.15) is 0 Å². The Labute approximate surface area is 160 Å². The van der Waals surface area contributed by atoms with E-state index >= 15 is 0 Å². The molecule has 2 heterocycles. The van der Waals surface area contributed by atoms with E-state index in [1.807, 2.05) is 6.20 Å². The maximum absolute atomic E-state index is 8.36. The third-order valence-corrected chi connectivity index (χ3v) is 5.39. The third-order valence-electron chi connectivity index (χ3n) is 5.39. The van der Waals surface area contributed by atoms with E-state index in [-0.39, 0.29) is 6.47 Å². The van der Waals surface area contributed by atoms with Crippen molar-refractivity contribution < 1.29 is 14.6 Å². The van der Waals surface area contributed by atoms with Crippen LogP contribution in [0, 0.1) is 0 Å². The standard InChI is InChI=1S/C20H27N3O.CH2O2/c1-22-13-6-7-16(15-22)23-14-12-21-20(23)18-10-4-5-11-19(18)24-17-8-2-3-9-17;2-1-3/h4-5,10-12,14,16-17H,2-3,6-9,13,15H2,1H3;1H,(H,2,3). The van der Waals surface area contributed by atoms with Gasteiger partial charge < -0.3 is 19.3 Å². The molecular weight excluding hydrogens is 342 g/mol. The topological polar surface area (TPSA) is 67.6 Å². The molecule has 6 nitrogen and oxygen atoms in total.